The largest absolute Gasteiger partial charge is 0.487 e. The molecule has 0 atom stereocenters. The van der Waals surface area contributed by atoms with Crippen LogP contribution in [0.1, 0.15) is 26.3 Å². The molecule has 1 aromatic rings. The lowest BCUT2D eigenvalue weighted by Gasteiger charge is -2.23. The van der Waals surface area contributed by atoms with Gasteiger partial charge in [0, 0.05) is 6.54 Å². The molecule has 17 heavy (non-hydrogen) atoms. The molecular formula is C13H17FN2O. The molecule has 0 aliphatic carbocycles. The van der Waals surface area contributed by atoms with Crippen LogP contribution in [-0.2, 0) is 0 Å². The van der Waals surface area contributed by atoms with Crippen LogP contribution in [0.3, 0.4) is 0 Å². The Bertz CT molecular complexity index is 449. The van der Waals surface area contributed by atoms with Crippen LogP contribution in [0.4, 0.5) is 4.39 Å². The summed E-state index contributed by atoms with van der Waals surface area (Å²) >= 11 is 0. The third-order valence-corrected chi connectivity index (χ3v) is 2.30. The quantitative estimate of drug-likeness (QED) is 0.855. The lowest BCUT2D eigenvalue weighted by atomic mass is 10.1. The molecule has 92 valence electrons. The fourth-order valence-electron chi connectivity index (χ4n) is 1.71. The highest BCUT2D eigenvalue weighted by Crippen LogP contribution is 2.26. The number of rotatable bonds is 2. The van der Waals surface area contributed by atoms with E-state index in [1.54, 1.807) is 12.1 Å². The lowest BCUT2D eigenvalue weighted by molar-refractivity contribution is 0.130. The fourth-order valence-corrected chi connectivity index (χ4v) is 1.71. The van der Waals surface area contributed by atoms with Crippen molar-refractivity contribution in [2.75, 3.05) is 13.1 Å². The Balaban J connectivity index is 2.41. The SMILES string of the molecule is CC(C)(C)Oc1cccc(F)c1C1=NCCN1. The van der Waals surface area contributed by atoms with Gasteiger partial charge in [0.15, 0.2) is 0 Å². The number of nitrogens with zero attached hydrogens (tertiary/aromatic N) is 1. The number of nitrogens with one attached hydrogen (secondary N) is 1. The minimum Gasteiger partial charge on any atom is -0.487 e. The van der Waals surface area contributed by atoms with E-state index < -0.39 is 0 Å². The van der Waals surface area contributed by atoms with Crippen molar-refractivity contribution in [3.05, 3.63) is 29.6 Å². The summed E-state index contributed by atoms with van der Waals surface area (Å²) in [5, 5.41) is 3.07. The number of aliphatic imine (C=N–C) groups is 1. The van der Waals surface area contributed by atoms with Gasteiger partial charge in [-0.2, -0.15) is 0 Å². The molecule has 0 saturated carbocycles. The molecule has 3 nitrogen and oxygen atoms in total. The molecule has 0 radical (unpaired) electrons. The maximum Gasteiger partial charge on any atom is 0.137 e. The summed E-state index contributed by atoms with van der Waals surface area (Å²) in [7, 11) is 0. The predicted molar refractivity (Wildman–Crippen MR) is 66.2 cm³/mol. The van der Waals surface area contributed by atoms with Crippen molar-refractivity contribution in [1.29, 1.82) is 0 Å². The zero-order valence-corrected chi connectivity index (χ0v) is 10.4. The number of hydrogen-bond donors (Lipinski definition) is 1. The molecule has 1 aromatic carbocycles. The normalized spacial score (nSPS) is 15.4. The third-order valence-electron chi connectivity index (χ3n) is 2.30. The van der Waals surface area contributed by atoms with Crippen LogP contribution in [0.2, 0.25) is 0 Å². The van der Waals surface area contributed by atoms with Gasteiger partial charge >= 0.3 is 0 Å². The minimum atomic E-state index is -0.359. The Morgan fingerprint density at radius 1 is 1.35 bits per heavy atom. The molecule has 1 heterocycles. The van der Waals surface area contributed by atoms with Crippen LogP contribution in [0.5, 0.6) is 5.75 Å². The van der Waals surface area contributed by atoms with Gasteiger partial charge in [-0.3, -0.25) is 4.99 Å². The van der Waals surface area contributed by atoms with E-state index in [0.717, 1.165) is 6.54 Å². The molecule has 1 aliphatic heterocycles. The number of benzene rings is 1. The second-order valence-corrected chi connectivity index (χ2v) is 4.98. The van der Waals surface area contributed by atoms with Crippen molar-refractivity contribution in [2.45, 2.75) is 26.4 Å². The van der Waals surface area contributed by atoms with Gasteiger partial charge in [0.25, 0.3) is 0 Å². The maximum absolute atomic E-state index is 13.9. The second-order valence-electron chi connectivity index (χ2n) is 4.98. The first-order chi connectivity index (χ1) is 7.97. The Labute approximate surface area is 101 Å². The zero-order valence-electron chi connectivity index (χ0n) is 10.4. The zero-order chi connectivity index (χ0) is 12.5. The van der Waals surface area contributed by atoms with Crippen molar-refractivity contribution >= 4 is 5.84 Å². The number of halogens is 1. The van der Waals surface area contributed by atoms with E-state index in [1.165, 1.54) is 6.07 Å². The molecule has 0 unspecified atom stereocenters. The van der Waals surface area contributed by atoms with E-state index in [9.17, 15) is 4.39 Å². The standard InChI is InChI=1S/C13H17FN2O/c1-13(2,3)17-10-6-4-5-9(14)11(10)12-15-7-8-16-12/h4-6H,7-8H2,1-3H3,(H,15,16). The van der Waals surface area contributed by atoms with Gasteiger partial charge in [-0.15, -0.1) is 0 Å². The summed E-state index contributed by atoms with van der Waals surface area (Å²) in [5.41, 5.74) is 0.0711. The Kier molecular flexibility index (Phi) is 3.05. The molecule has 0 fully saturated rings. The Morgan fingerprint density at radius 2 is 2.12 bits per heavy atom. The Morgan fingerprint density at radius 3 is 2.71 bits per heavy atom. The van der Waals surface area contributed by atoms with Crippen molar-refractivity contribution < 1.29 is 9.13 Å². The molecule has 0 spiro atoms. The first kappa shape index (κ1) is 11.9. The summed E-state index contributed by atoms with van der Waals surface area (Å²) in [6.07, 6.45) is 0. The molecule has 0 aromatic heterocycles. The molecule has 1 aliphatic rings. The van der Waals surface area contributed by atoms with Crippen LogP contribution in [0.25, 0.3) is 0 Å². The van der Waals surface area contributed by atoms with Gasteiger partial charge in [-0.1, -0.05) is 6.07 Å². The fraction of sp³-hybridized carbons (Fsp3) is 0.462. The van der Waals surface area contributed by atoms with E-state index in [1.807, 2.05) is 20.8 Å². The monoisotopic (exact) mass is 236 g/mol. The highest BCUT2D eigenvalue weighted by atomic mass is 19.1. The molecule has 0 amide bonds. The van der Waals surface area contributed by atoms with Crippen LogP contribution in [-0.4, -0.2) is 24.5 Å². The van der Waals surface area contributed by atoms with E-state index >= 15 is 0 Å². The van der Waals surface area contributed by atoms with Gasteiger partial charge in [0.05, 0.1) is 12.1 Å². The van der Waals surface area contributed by atoms with Gasteiger partial charge in [-0.25, -0.2) is 4.39 Å². The number of ether oxygens (including phenoxy) is 1. The van der Waals surface area contributed by atoms with Crippen LogP contribution in [0.15, 0.2) is 23.2 Å². The van der Waals surface area contributed by atoms with Gasteiger partial charge in [0.2, 0.25) is 0 Å². The molecule has 4 heteroatoms. The van der Waals surface area contributed by atoms with Crippen molar-refractivity contribution in [3.8, 4) is 5.75 Å². The molecule has 2 rings (SSSR count). The van der Waals surface area contributed by atoms with Gasteiger partial charge in [-0.05, 0) is 32.9 Å². The molecule has 1 N–H and O–H groups in total. The number of amidine groups is 1. The summed E-state index contributed by atoms with van der Waals surface area (Å²) in [6.45, 7) is 7.24. The lowest BCUT2D eigenvalue weighted by Crippen LogP contribution is -2.27. The smallest absolute Gasteiger partial charge is 0.137 e. The molecule has 0 saturated heterocycles. The third kappa shape index (κ3) is 2.75. The average Bonchev–Trinajstić information content (AvgIpc) is 2.68. The maximum atomic E-state index is 13.9. The molecule has 0 bridgehead atoms. The van der Waals surface area contributed by atoms with E-state index in [0.29, 0.717) is 23.7 Å². The second kappa shape index (κ2) is 4.35. The highest BCUT2D eigenvalue weighted by Gasteiger charge is 2.21. The highest BCUT2D eigenvalue weighted by molar-refractivity contribution is 6.02. The topological polar surface area (TPSA) is 33.6 Å². The summed E-state index contributed by atoms with van der Waals surface area (Å²) in [6, 6.07) is 4.84. The summed E-state index contributed by atoms with van der Waals surface area (Å²) in [5.74, 6) is 0.813. The van der Waals surface area contributed by atoms with Gasteiger partial charge in [0.1, 0.15) is 23.0 Å². The number of hydrogen-bond acceptors (Lipinski definition) is 3. The van der Waals surface area contributed by atoms with Gasteiger partial charge < -0.3 is 10.1 Å². The summed E-state index contributed by atoms with van der Waals surface area (Å²) < 4.78 is 19.6. The van der Waals surface area contributed by atoms with Crippen molar-refractivity contribution in [2.24, 2.45) is 4.99 Å². The van der Waals surface area contributed by atoms with E-state index in [2.05, 4.69) is 10.3 Å². The molecular weight excluding hydrogens is 219 g/mol. The predicted octanol–water partition coefficient (Wildman–Crippen LogP) is 2.35. The van der Waals surface area contributed by atoms with Crippen molar-refractivity contribution in [3.63, 3.8) is 0 Å². The first-order valence-electron chi connectivity index (χ1n) is 5.73. The first-order valence-corrected chi connectivity index (χ1v) is 5.73. The van der Waals surface area contributed by atoms with Crippen LogP contribution < -0.4 is 10.1 Å². The van der Waals surface area contributed by atoms with E-state index in [-0.39, 0.29) is 11.4 Å². The van der Waals surface area contributed by atoms with Crippen LogP contribution >= 0.6 is 0 Å². The van der Waals surface area contributed by atoms with E-state index in [4.69, 9.17) is 4.74 Å². The average molecular weight is 236 g/mol. The Hall–Kier alpha value is -1.58. The minimum absolute atomic E-state index is 0.306. The van der Waals surface area contributed by atoms with Crippen LogP contribution in [0, 0.1) is 5.82 Å². The van der Waals surface area contributed by atoms with Crippen molar-refractivity contribution in [1.82, 2.24) is 5.32 Å². The summed E-state index contributed by atoms with van der Waals surface area (Å²) in [4.78, 5) is 4.24.